The van der Waals surface area contributed by atoms with Crippen LogP contribution in [0.1, 0.15) is 40.9 Å². The Balaban J connectivity index is 1.36. The highest BCUT2D eigenvalue weighted by atomic mass is 79.9. The van der Waals surface area contributed by atoms with Crippen LogP contribution in [0.4, 0.5) is 5.69 Å². The molecule has 2 N–H and O–H groups in total. The molecule has 0 radical (unpaired) electrons. The molecule has 148 valence electrons. The van der Waals surface area contributed by atoms with E-state index in [4.69, 9.17) is 4.42 Å². The van der Waals surface area contributed by atoms with Crippen molar-refractivity contribution in [1.29, 1.82) is 0 Å². The van der Waals surface area contributed by atoms with Crippen LogP contribution in [0, 0.1) is 0 Å². The van der Waals surface area contributed by atoms with Crippen molar-refractivity contribution in [3.05, 3.63) is 88.3 Å². The number of amides is 2. The van der Waals surface area contributed by atoms with Crippen LogP contribution in [0.25, 0.3) is 0 Å². The van der Waals surface area contributed by atoms with Crippen LogP contribution in [0.3, 0.4) is 0 Å². The van der Waals surface area contributed by atoms with E-state index >= 15 is 0 Å². The van der Waals surface area contributed by atoms with Crippen molar-refractivity contribution in [1.82, 2.24) is 5.32 Å². The van der Waals surface area contributed by atoms with Gasteiger partial charge < -0.3 is 15.1 Å². The SMILES string of the molecule is O=C(Cc1ccc(NC(=O)c2ccc(Br)o2)cc1)NC1(c2ccccc2)CCC1. The molecule has 2 amide bonds. The zero-order chi connectivity index (χ0) is 20.3. The molecule has 0 aliphatic heterocycles. The number of hydrogen-bond donors (Lipinski definition) is 2. The minimum absolute atomic E-state index is 0.00535. The smallest absolute Gasteiger partial charge is 0.291 e. The molecule has 1 fully saturated rings. The largest absolute Gasteiger partial charge is 0.444 e. The van der Waals surface area contributed by atoms with Crippen LogP contribution in [0.15, 0.2) is 75.8 Å². The number of rotatable bonds is 6. The lowest BCUT2D eigenvalue weighted by Gasteiger charge is -2.43. The summed E-state index contributed by atoms with van der Waals surface area (Å²) < 4.78 is 5.75. The minimum atomic E-state index is -0.323. The summed E-state index contributed by atoms with van der Waals surface area (Å²) in [6, 6.07) is 20.7. The fraction of sp³-hybridized carbons (Fsp3) is 0.217. The number of furan rings is 1. The molecule has 1 aromatic heterocycles. The van der Waals surface area contributed by atoms with E-state index in [-0.39, 0.29) is 23.1 Å². The number of carbonyl (C=O) groups excluding carboxylic acids is 2. The predicted molar refractivity (Wildman–Crippen MR) is 115 cm³/mol. The summed E-state index contributed by atoms with van der Waals surface area (Å²) in [7, 11) is 0. The second kappa shape index (κ2) is 8.25. The molecule has 29 heavy (non-hydrogen) atoms. The quantitative estimate of drug-likeness (QED) is 0.550. The van der Waals surface area contributed by atoms with Crippen molar-refractivity contribution >= 4 is 33.4 Å². The van der Waals surface area contributed by atoms with Crippen molar-refractivity contribution in [2.45, 2.75) is 31.2 Å². The number of hydrogen-bond acceptors (Lipinski definition) is 3. The third-order valence-corrected chi connectivity index (χ3v) is 5.71. The van der Waals surface area contributed by atoms with E-state index in [1.165, 1.54) is 5.56 Å². The average molecular weight is 453 g/mol. The maximum atomic E-state index is 12.6. The third kappa shape index (κ3) is 4.43. The van der Waals surface area contributed by atoms with Gasteiger partial charge in [-0.3, -0.25) is 9.59 Å². The first kappa shape index (κ1) is 19.5. The molecule has 1 aliphatic rings. The van der Waals surface area contributed by atoms with E-state index in [0.29, 0.717) is 16.8 Å². The topological polar surface area (TPSA) is 71.3 Å². The lowest BCUT2D eigenvalue weighted by molar-refractivity contribution is -0.123. The number of halogens is 1. The number of carbonyl (C=O) groups is 2. The van der Waals surface area contributed by atoms with E-state index in [9.17, 15) is 9.59 Å². The molecule has 1 saturated carbocycles. The van der Waals surface area contributed by atoms with Crippen molar-refractivity contribution in [3.8, 4) is 0 Å². The maximum absolute atomic E-state index is 12.6. The third-order valence-electron chi connectivity index (χ3n) is 5.29. The van der Waals surface area contributed by atoms with Gasteiger partial charge in [0.05, 0.1) is 12.0 Å². The van der Waals surface area contributed by atoms with Gasteiger partial charge in [-0.2, -0.15) is 0 Å². The van der Waals surface area contributed by atoms with Crippen molar-refractivity contribution in [2.24, 2.45) is 0 Å². The second-order valence-electron chi connectivity index (χ2n) is 7.28. The van der Waals surface area contributed by atoms with Crippen LogP contribution >= 0.6 is 15.9 Å². The second-order valence-corrected chi connectivity index (χ2v) is 8.06. The monoisotopic (exact) mass is 452 g/mol. The highest BCUT2D eigenvalue weighted by Crippen LogP contribution is 2.41. The standard InChI is InChI=1S/C23H21BrN2O3/c24-20-12-11-19(29-20)22(28)25-18-9-7-16(8-10-18)15-21(27)26-23(13-4-14-23)17-5-2-1-3-6-17/h1-3,5-12H,4,13-15H2,(H,25,28)(H,26,27). The first-order chi connectivity index (χ1) is 14.0. The Morgan fingerprint density at radius 2 is 1.69 bits per heavy atom. The zero-order valence-corrected chi connectivity index (χ0v) is 17.4. The molecule has 4 rings (SSSR count). The van der Waals surface area contributed by atoms with Gasteiger partial charge in [0.25, 0.3) is 5.91 Å². The summed E-state index contributed by atoms with van der Waals surface area (Å²) in [5, 5.41) is 6.02. The van der Waals surface area contributed by atoms with Gasteiger partial charge in [-0.05, 0) is 70.6 Å². The van der Waals surface area contributed by atoms with Gasteiger partial charge in [0, 0.05) is 5.69 Å². The van der Waals surface area contributed by atoms with Gasteiger partial charge in [-0.25, -0.2) is 0 Å². The molecule has 0 unspecified atom stereocenters. The minimum Gasteiger partial charge on any atom is -0.444 e. The summed E-state index contributed by atoms with van der Waals surface area (Å²) in [5.74, 6) is -0.0891. The highest BCUT2D eigenvalue weighted by molar-refractivity contribution is 9.10. The van der Waals surface area contributed by atoms with Crippen molar-refractivity contribution in [3.63, 3.8) is 0 Å². The van der Waals surface area contributed by atoms with E-state index < -0.39 is 0 Å². The molecule has 3 aromatic rings. The number of anilines is 1. The van der Waals surface area contributed by atoms with Crippen molar-refractivity contribution in [2.75, 3.05) is 5.32 Å². The first-order valence-corrected chi connectivity index (χ1v) is 10.4. The summed E-state index contributed by atoms with van der Waals surface area (Å²) >= 11 is 3.18. The van der Waals surface area contributed by atoms with Gasteiger partial charge in [0.1, 0.15) is 0 Å². The molecule has 6 heteroatoms. The van der Waals surface area contributed by atoms with Gasteiger partial charge in [0.15, 0.2) is 10.4 Å². The highest BCUT2D eigenvalue weighted by Gasteiger charge is 2.39. The van der Waals surface area contributed by atoms with Crippen LogP contribution in [-0.4, -0.2) is 11.8 Å². The summed E-state index contributed by atoms with van der Waals surface area (Å²) in [6.07, 6.45) is 3.36. The fourth-order valence-corrected chi connectivity index (χ4v) is 3.91. The summed E-state index contributed by atoms with van der Waals surface area (Å²) in [4.78, 5) is 24.8. The molecule has 0 atom stereocenters. The van der Waals surface area contributed by atoms with Crippen LogP contribution in [0.2, 0.25) is 0 Å². The van der Waals surface area contributed by atoms with E-state index in [1.807, 2.05) is 30.3 Å². The van der Waals surface area contributed by atoms with E-state index in [1.54, 1.807) is 24.3 Å². The van der Waals surface area contributed by atoms with Crippen molar-refractivity contribution < 1.29 is 14.0 Å². The molecule has 0 saturated heterocycles. The Bertz CT molecular complexity index is 1010. The molecule has 5 nitrogen and oxygen atoms in total. The molecule has 1 heterocycles. The molecule has 0 spiro atoms. The Hall–Kier alpha value is -2.86. The Kier molecular flexibility index (Phi) is 5.53. The lowest BCUT2D eigenvalue weighted by atomic mass is 9.71. The summed E-state index contributed by atoms with van der Waals surface area (Å²) in [6.45, 7) is 0. The average Bonchev–Trinajstić information content (AvgIpc) is 3.13. The van der Waals surface area contributed by atoms with E-state index in [2.05, 4.69) is 38.7 Å². The predicted octanol–water partition coefficient (Wildman–Crippen LogP) is 5.03. The zero-order valence-electron chi connectivity index (χ0n) is 15.8. The molecule has 1 aliphatic carbocycles. The lowest BCUT2D eigenvalue weighted by Crippen LogP contribution is -2.51. The molecular formula is C23H21BrN2O3. The van der Waals surface area contributed by atoms with Gasteiger partial charge in [0.2, 0.25) is 5.91 Å². The first-order valence-electron chi connectivity index (χ1n) is 9.56. The molecule has 0 bridgehead atoms. The molecular weight excluding hydrogens is 432 g/mol. The van der Waals surface area contributed by atoms with Crippen LogP contribution in [-0.2, 0) is 16.8 Å². The fourth-order valence-electron chi connectivity index (χ4n) is 3.60. The Morgan fingerprint density at radius 3 is 2.28 bits per heavy atom. The van der Waals surface area contributed by atoms with Gasteiger partial charge in [-0.15, -0.1) is 0 Å². The van der Waals surface area contributed by atoms with Crippen LogP contribution in [0.5, 0.6) is 0 Å². The molecule has 2 aromatic carbocycles. The maximum Gasteiger partial charge on any atom is 0.291 e. The number of benzene rings is 2. The van der Waals surface area contributed by atoms with Gasteiger partial charge in [-0.1, -0.05) is 42.5 Å². The number of nitrogens with one attached hydrogen (secondary N) is 2. The van der Waals surface area contributed by atoms with Crippen LogP contribution < -0.4 is 10.6 Å². The Morgan fingerprint density at radius 1 is 0.966 bits per heavy atom. The Labute approximate surface area is 177 Å². The normalized spacial score (nSPS) is 14.7. The summed E-state index contributed by atoms with van der Waals surface area (Å²) in [5.41, 5.74) is 2.47. The van der Waals surface area contributed by atoms with E-state index in [0.717, 1.165) is 24.8 Å². The van der Waals surface area contributed by atoms with Gasteiger partial charge >= 0.3 is 0 Å².